The van der Waals surface area contributed by atoms with E-state index in [0.717, 1.165) is 19.3 Å². The number of hydrogen-bond acceptors (Lipinski definition) is 2. The molecule has 0 bridgehead atoms. The van der Waals surface area contributed by atoms with Crippen LogP contribution in [0, 0.1) is 13.5 Å². The largest absolute Gasteiger partial charge is 0.461 e. The number of carbonyl (C=O) groups is 1. The summed E-state index contributed by atoms with van der Waals surface area (Å²) in [4.78, 5) is 9.75. The Labute approximate surface area is 81.7 Å². The fourth-order valence-corrected chi connectivity index (χ4v) is 1.22. The summed E-state index contributed by atoms with van der Waals surface area (Å²) in [6.45, 7) is 5.84. The Bertz CT molecular complexity index is 102. The summed E-state index contributed by atoms with van der Waals surface area (Å²) in [5.74, 6) is 0. The van der Waals surface area contributed by atoms with E-state index in [4.69, 9.17) is 0 Å². The van der Waals surface area contributed by atoms with Gasteiger partial charge in [-0.05, 0) is 12.8 Å². The molecule has 0 saturated heterocycles. The first-order chi connectivity index (χ1) is 6.41. The second kappa shape index (κ2) is 11.5. The lowest BCUT2D eigenvalue weighted by Crippen LogP contribution is -1.85. The Kier molecular flexibility index (Phi) is 11.0. The number of rotatable bonds is 10. The van der Waals surface area contributed by atoms with Gasteiger partial charge in [0.1, 0.15) is 6.61 Å². The highest BCUT2D eigenvalue weighted by Gasteiger charge is 1.91. The normalized spacial score (nSPS) is 9.92. The van der Waals surface area contributed by atoms with E-state index in [1.165, 1.54) is 32.1 Å². The fraction of sp³-hybridized carbons (Fsp3) is 0.727. The molecule has 0 spiro atoms. The molecule has 0 amide bonds. The van der Waals surface area contributed by atoms with Gasteiger partial charge in [-0.15, -0.1) is 0 Å². The molecular formula is C11H20O2. The number of carbonyl (C=O) groups excluding carboxylic acids is 1. The lowest BCUT2D eigenvalue weighted by Gasteiger charge is -1.99. The van der Waals surface area contributed by atoms with Crippen LogP contribution >= 0.6 is 0 Å². The molecule has 2 nitrogen and oxygen atoms in total. The second-order valence-corrected chi connectivity index (χ2v) is 3.16. The van der Waals surface area contributed by atoms with Gasteiger partial charge in [0.05, 0.1) is 0 Å². The van der Waals surface area contributed by atoms with Crippen molar-refractivity contribution in [3.05, 3.63) is 13.5 Å². The minimum absolute atomic E-state index is 0.467. The van der Waals surface area contributed by atoms with E-state index in [9.17, 15) is 4.79 Å². The van der Waals surface area contributed by atoms with Gasteiger partial charge in [-0.2, -0.15) is 0 Å². The molecule has 0 atom stereocenters. The van der Waals surface area contributed by atoms with Gasteiger partial charge in [-0.1, -0.05) is 45.4 Å². The van der Waals surface area contributed by atoms with Crippen molar-refractivity contribution in [2.45, 2.75) is 51.4 Å². The first-order valence-electron chi connectivity index (χ1n) is 5.12. The standard InChI is InChI=1S/C11H20O2/c1-2-3-4-5-6-7-8-9-10-13-11-12/h10-11H,1-9H2. The molecule has 0 aliphatic heterocycles. The van der Waals surface area contributed by atoms with Gasteiger partial charge in [0.25, 0.3) is 6.47 Å². The highest BCUT2D eigenvalue weighted by atomic mass is 16.5. The molecule has 2 heteroatoms. The van der Waals surface area contributed by atoms with E-state index in [-0.39, 0.29) is 0 Å². The first kappa shape index (κ1) is 12.5. The summed E-state index contributed by atoms with van der Waals surface area (Å²) in [5, 5.41) is 0. The van der Waals surface area contributed by atoms with E-state index < -0.39 is 0 Å². The van der Waals surface area contributed by atoms with Gasteiger partial charge in [-0.25, -0.2) is 0 Å². The van der Waals surface area contributed by atoms with Crippen molar-refractivity contribution in [3.63, 3.8) is 0 Å². The molecule has 0 saturated carbocycles. The van der Waals surface area contributed by atoms with Crippen LogP contribution in [0.2, 0.25) is 0 Å². The minimum Gasteiger partial charge on any atom is -0.461 e. The molecule has 0 unspecified atom stereocenters. The van der Waals surface area contributed by atoms with Crippen molar-refractivity contribution in [2.24, 2.45) is 0 Å². The Hall–Kier alpha value is -0.530. The average Bonchev–Trinajstić information content (AvgIpc) is 2.16. The quantitative estimate of drug-likeness (QED) is 0.385. The summed E-state index contributed by atoms with van der Waals surface area (Å²) in [5.41, 5.74) is 0. The summed E-state index contributed by atoms with van der Waals surface area (Å²) in [6.07, 6.45) is 9.44. The van der Waals surface area contributed by atoms with Gasteiger partial charge >= 0.3 is 0 Å². The highest BCUT2D eigenvalue weighted by molar-refractivity contribution is 5.37. The van der Waals surface area contributed by atoms with Gasteiger partial charge < -0.3 is 4.74 Å². The van der Waals surface area contributed by atoms with Crippen LogP contribution in [-0.2, 0) is 9.53 Å². The lowest BCUT2D eigenvalue weighted by molar-refractivity contribution is -0.125. The first-order valence-corrected chi connectivity index (χ1v) is 5.12. The maximum absolute atomic E-state index is 9.75. The zero-order valence-electron chi connectivity index (χ0n) is 8.34. The average molecular weight is 184 g/mol. The van der Waals surface area contributed by atoms with Crippen LogP contribution in [0.4, 0.5) is 0 Å². The third-order valence-electron chi connectivity index (χ3n) is 1.97. The predicted molar refractivity (Wildman–Crippen MR) is 53.7 cm³/mol. The molecule has 76 valence electrons. The Morgan fingerprint density at radius 2 is 1.62 bits per heavy atom. The van der Waals surface area contributed by atoms with Crippen LogP contribution in [0.25, 0.3) is 0 Å². The van der Waals surface area contributed by atoms with Crippen LogP contribution in [0.5, 0.6) is 0 Å². The van der Waals surface area contributed by atoms with E-state index in [1.807, 2.05) is 0 Å². The molecule has 0 N–H and O–H groups in total. The van der Waals surface area contributed by atoms with Gasteiger partial charge in [-0.3, -0.25) is 4.79 Å². The minimum atomic E-state index is 0.467. The number of unbranched alkanes of at least 4 members (excludes halogenated alkanes) is 7. The third kappa shape index (κ3) is 11.5. The highest BCUT2D eigenvalue weighted by Crippen LogP contribution is 2.08. The second-order valence-electron chi connectivity index (χ2n) is 3.16. The van der Waals surface area contributed by atoms with Crippen molar-refractivity contribution >= 4 is 6.47 Å². The maximum atomic E-state index is 9.75. The molecule has 0 rings (SSSR count). The number of ether oxygens (including phenoxy) is 1. The molecule has 0 heterocycles. The van der Waals surface area contributed by atoms with Crippen molar-refractivity contribution in [1.82, 2.24) is 0 Å². The molecule has 0 fully saturated rings. The molecule has 0 aliphatic rings. The SMILES string of the molecule is [CH2]CCCCCCCC[CH]OC=O. The zero-order chi connectivity index (χ0) is 9.78. The van der Waals surface area contributed by atoms with Gasteiger partial charge in [0, 0.05) is 0 Å². The van der Waals surface area contributed by atoms with Gasteiger partial charge in [0.2, 0.25) is 0 Å². The van der Waals surface area contributed by atoms with Crippen LogP contribution in [-0.4, -0.2) is 6.47 Å². The molecule has 13 heavy (non-hydrogen) atoms. The predicted octanol–water partition coefficient (Wildman–Crippen LogP) is 3.28. The fourth-order valence-electron chi connectivity index (χ4n) is 1.22. The van der Waals surface area contributed by atoms with Crippen LogP contribution in [0.3, 0.4) is 0 Å². The summed E-state index contributed by atoms with van der Waals surface area (Å²) < 4.78 is 4.46. The van der Waals surface area contributed by atoms with E-state index in [1.54, 1.807) is 6.61 Å². The van der Waals surface area contributed by atoms with E-state index >= 15 is 0 Å². The van der Waals surface area contributed by atoms with E-state index in [0.29, 0.717) is 6.47 Å². The maximum Gasteiger partial charge on any atom is 0.293 e. The third-order valence-corrected chi connectivity index (χ3v) is 1.97. The molecule has 0 aromatic rings. The van der Waals surface area contributed by atoms with Crippen molar-refractivity contribution < 1.29 is 9.53 Å². The monoisotopic (exact) mass is 184 g/mol. The topological polar surface area (TPSA) is 26.3 Å². The van der Waals surface area contributed by atoms with Crippen LogP contribution in [0.1, 0.15) is 51.4 Å². The summed E-state index contributed by atoms with van der Waals surface area (Å²) in [7, 11) is 0. The van der Waals surface area contributed by atoms with Crippen molar-refractivity contribution in [1.29, 1.82) is 0 Å². The molecule has 2 radical (unpaired) electrons. The summed E-state index contributed by atoms with van der Waals surface area (Å²) >= 11 is 0. The molecule has 0 aromatic heterocycles. The lowest BCUT2D eigenvalue weighted by atomic mass is 10.1. The molecule has 0 aromatic carbocycles. The van der Waals surface area contributed by atoms with Crippen molar-refractivity contribution in [2.75, 3.05) is 0 Å². The number of hydrogen-bond donors (Lipinski definition) is 0. The Balaban J connectivity index is 2.79. The Morgan fingerprint density at radius 1 is 1.00 bits per heavy atom. The molecular weight excluding hydrogens is 164 g/mol. The summed E-state index contributed by atoms with van der Waals surface area (Å²) in [6, 6.07) is 0. The van der Waals surface area contributed by atoms with Crippen LogP contribution < -0.4 is 0 Å². The van der Waals surface area contributed by atoms with Crippen LogP contribution in [0.15, 0.2) is 0 Å². The van der Waals surface area contributed by atoms with Crippen molar-refractivity contribution in [3.8, 4) is 0 Å². The smallest absolute Gasteiger partial charge is 0.293 e. The van der Waals surface area contributed by atoms with E-state index in [2.05, 4.69) is 11.7 Å². The Morgan fingerprint density at radius 3 is 2.23 bits per heavy atom. The molecule has 0 aliphatic carbocycles. The zero-order valence-corrected chi connectivity index (χ0v) is 8.34. The van der Waals surface area contributed by atoms with Gasteiger partial charge in [0.15, 0.2) is 0 Å².